The number of nitrogens with one attached hydrogen (secondary N) is 1. The van der Waals surface area contributed by atoms with Gasteiger partial charge in [0.25, 0.3) is 5.91 Å². The van der Waals surface area contributed by atoms with Crippen molar-refractivity contribution in [1.29, 1.82) is 0 Å². The monoisotopic (exact) mass is 625 g/mol. The van der Waals surface area contributed by atoms with Crippen LogP contribution in [0.1, 0.15) is 92.5 Å². The van der Waals surface area contributed by atoms with E-state index in [0.717, 1.165) is 12.8 Å². The highest BCUT2D eigenvalue weighted by Gasteiger charge is 2.42. The van der Waals surface area contributed by atoms with Gasteiger partial charge in [-0.05, 0) is 76.1 Å². The molecule has 1 fully saturated rings. The number of pyridine rings is 1. The summed E-state index contributed by atoms with van der Waals surface area (Å²) >= 11 is 0. The number of rotatable bonds is 8. The number of hydrogen-bond donors (Lipinski definition) is 2. The Balaban J connectivity index is 1.79. The van der Waals surface area contributed by atoms with Crippen LogP contribution in [0.15, 0.2) is 54.6 Å². The van der Waals surface area contributed by atoms with E-state index in [9.17, 15) is 27.9 Å². The number of halogens is 3. The minimum absolute atomic E-state index is 0.0580. The molecule has 10 heteroatoms. The SMILES string of the molecule is Cc1nc(C)c([C@H](OC(C)(C)C)C(=O)O)c(N2CCC(C)(C)CC2)c1-c1ccc(C(=O)NC(c2ccccc2)C(F)(F)F)cc1. The molecule has 242 valence electrons. The Morgan fingerprint density at radius 1 is 0.956 bits per heavy atom. The van der Waals surface area contributed by atoms with Crippen LogP contribution in [0.4, 0.5) is 18.9 Å². The van der Waals surface area contributed by atoms with Gasteiger partial charge in [0.05, 0.1) is 11.3 Å². The lowest BCUT2D eigenvalue weighted by Gasteiger charge is -2.41. The summed E-state index contributed by atoms with van der Waals surface area (Å²) in [7, 11) is 0. The number of carbonyl (C=O) groups excluding carboxylic acids is 1. The first kappa shape index (κ1) is 34.0. The quantitative estimate of drug-likeness (QED) is 0.264. The van der Waals surface area contributed by atoms with Gasteiger partial charge in [-0.1, -0.05) is 56.3 Å². The van der Waals surface area contributed by atoms with E-state index in [2.05, 4.69) is 24.1 Å². The van der Waals surface area contributed by atoms with Crippen molar-refractivity contribution in [3.63, 3.8) is 0 Å². The fourth-order valence-electron chi connectivity index (χ4n) is 5.76. The highest BCUT2D eigenvalue weighted by molar-refractivity contribution is 5.96. The first-order valence-corrected chi connectivity index (χ1v) is 15.1. The number of nitrogens with zero attached hydrogens (tertiary/aromatic N) is 2. The van der Waals surface area contributed by atoms with E-state index < -0.39 is 35.8 Å². The Hall–Kier alpha value is -3.92. The van der Waals surface area contributed by atoms with E-state index in [-0.39, 0.29) is 16.5 Å². The van der Waals surface area contributed by atoms with E-state index in [4.69, 9.17) is 9.72 Å². The molecular weight excluding hydrogens is 583 g/mol. The van der Waals surface area contributed by atoms with Crippen LogP contribution in [0.25, 0.3) is 11.1 Å². The lowest BCUT2D eigenvalue weighted by atomic mass is 9.81. The van der Waals surface area contributed by atoms with Crippen molar-refractivity contribution < 1.29 is 32.6 Å². The van der Waals surface area contributed by atoms with Crippen LogP contribution in [0.5, 0.6) is 0 Å². The molecule has 2 aromatic carbocycles. The smallest absolute Gasteiger partial charge is 0.412 e. The molecule has 1 saturated heterocycles. The van der Waals surface area contributed by atoms with Crippen molar-refractivity contribution in [2.24, 2.45) is 5.41 Å². The van der Waals surface area contributed by atoms with Crippen LogP contribution >= 0.6 is 0 Å². The Morgan fingerprint density at radius 2 is 1.53 bits per heavy atom. The molecule has 2 atom stereocenters. The topological polar surface area (TPSA) is 91.8 Å². The third-order valence-electron chi connectivity index (χ3n) is 8.14. The molecule has 1 amide bonds. The number of anilines is 1. The maximum absolute atomic E-state index is 13.9. The number of hydrogen-bond acceptors (Lipinski definition) is 5. The van der Waals surface area contributed by atoms with Crippen molar-refractivity contribution >= 4 is 17.6 Å². The summed E-state index contributed by atoms with van der Waals surface area (Å²) < 4.78 is 47.8. The van der Waals surface area contributed by atoms with Crippen LogP contribution in [0.2, 0.25) is 0 Å². The highest BCUT2D eigenvalue weighted by atomic mass is 19.4. The molecule has 2 heterocycles. The van der Waals surface area contributed by atoms with Gasteiger partial charge in [-0.2, -0.15) is 13.2 Å². The maximum Gasteiger partial charge on any atom is 0.412 e. The number of alkyl halides is 3. The zero-order chi connectivity index (χ0) is 33.3. The second kappa shape index (κ2) is 12.8. The first-order chi connectivity index (χ1) is 20.9. The number of amides is 1. The predicted molar refractivity (Wildman–Crippen MR) is 168 cm³/mol. The number of benzene rings is 2. The molecule has 2 N–H and O–H groups in total. The predicted octanol–water partition coefficient (Wildman–Crippen LogP) is 7.97. The normalized spacial score (nSPS) is 16.6. The second-order valence-electron chi connectivity index (χ2n) is 13.5. The van der Waals surface area contributed by atoms with E-state index in [0.29, 0.717) is 46.9 Å². The zero-order valence-electron chi connectivity index (χ0n) is 26.9. The lowest BCUT2D eigenvalue weighted by Crippen LogP contribution is -2.39. The van der Waals surface area contributed by atoms with Crippen LogP contribution in [-0.2, 0) is 9.53 Å². The minimum Gasteiger partial charge on any atom is -0.479 e. The average molecular weight is 626 g/mol. The van der Waals surface area contributed by atoms with Crippen LogP contribution in [0, 0.1) is 19.3 Å². The van der Waals surface area contributed by atoms with Gasteiger partial charge in [-0.25, -0.2) is 4.79 Å². The highest BCUT2D eigenvalue weighted by Crippen LogP contribution is 2.45. The van der Waals surface area contributed by atoms with Crippen molar-refractivity contribution in [3.8, 4) is 11.1 Å². The van der Waals surface area contributed by atoms with Gasteiger partial charge in [0, 0.05) is 41.2 Å². The number of aryl methyl sites for hydroxylation is 2. The van der Waals surface area contributed by atoms with E-state index in [1.165, 1.54) is 36.4 Å². The molecule has 45 heavy (non-hydrogen) atoms. The van der Waals surface area contributed by atoms with Gasteiger partial charge in [0.2, 0.25) is 0 Å². The molecule has 0 saturated carbocycles. The summed E-state index contributed by atoms with van der Waals surface area (Å²) in [4.78, 5) is 32.7. The number of carboxylic acid groups (broad SMARTS) is 1. The molecule has 1 aliphatic rings. The fraction of sp³-hybridized carbons (Fsp3) is 0.457. The summed E-state index contributed by atoms with van der Waals surface area (Å²) in [5.41, 5.74) is 3.11. The molecule has 4 rings (SSSR count). The largest absolute Gasteiger partial charge is 0.479 e. The molecule has 0 aliphatic carbocycles. The van der Waals surface area contributed by atoms with Crippen molar-refractivity contribution in [1.82, 2.24) is 10.3 Å². The third kappa shape index (κ3) is 8.03. The summed E-state index contributed by atoms with van der Waals surface area (Å²) in [5, 5.41) is 12.5. The van der Waals surface area contributed by atoms with Crippen LogP contribution in [0.3, 0.4) is 0 Å². The Bertz CT molecular complexity index is 1520. The number of aliphatic carboxylic acids is 1. The second-order valence-corrected chi connectivity index (χ2v) is 13.5. The lowest BCUT2D eigenvalue weighted by molar-refractivity contribution is -0.160. The van der Waals surface area contributed by atoms with Crippen LogP contribution in [-0.4, -0.2) is 46.8 Å². The summed E-state index contributed by atoms with van der Waals surface area (Å²) in [6.07, 6.45) is -4.19. The number of ether oxygens (including phenoxy) is 1. The average Bonchev–Trinajstić information content (AvgIpc) is 2.94. The molecule has 7 nitrogen and oxygen atoms in total. The van der Waals surface area contributed by atoms with Gasteiger partial charge in [-0.3, -0.25) is 9.78 Å². The van der Waals surface area contributed by atoms with E-state index in [1.54, 1.807) is 45.9 Å². The Kier molecular flexibility index (Phi) is 9.68. The number of piperidine rings is 1. The van der Waals surface area contributed by atoms with Gasteiger partial charge in [0.1, 0.15) is 0 Å². The van der Waals surface area contributed by atoms with Crippen molar-refractivity contribution in [2.75, 3.05) is 18.0 Å². The number of aromatic nitrogens is 1. The molecule has 3 aromatic rings. The molecule has 0 spiro atoms. The van der Waals surface area contributed by atoms with Gasteiger partial charge in [0.15, 0.2) is 12.1 Å². The van der Waals surface area contributed by atoms with E-state index in [1.807, 2.05) is 6.92 Å². The molecule has 1 aliphatic heterocycles. The minimum atomic E-state index is -4.69. The fourth-order valence-corrected chi connectivity index (χ4v) is 5.76. The molecule has 0 bridgehead atoms. The molecule has 1 aromatic heterocycles. The number of carboxylic acids is 1. The molecule has 1 unspecified atom stereocenters. The molecule has 0 radical (unpaired) electrons. The van der Waals surface area contributed by atoms with Gasteiger partial charge in [-0.15, -0.1) is 0 Å². The summed E-state index contributed by atoms with van der Waals surface area (Å²) in [6.45, 7) is 14.8. The van der Waals surface area contributed by atoms with Gasteiger partial charge < -0.3 is 20.1 Å². The summed E-state index contributed by atoms with van der Waals surface area (Å²) in [6, 6.07) is 11.4. The standard InChI is InChI=1S/C35H42F3N3O4/c1-21-26(23-13-15-25(16-14-23)31(42)40-30(35(36,37)38)24-11-9-8-10-12-24)28(41-19-17-34(6,7)18-20-41)27(22(2)39-21)29(32(43)44)45-33(3,4)5/h8-16,29-30H,17-20H2,1-7H3,(H,40,42)(H,43,44)/t29-,30?/m0/s1. The van der Waals surface area contributed by atoms with Crippen LogP contribution < -0.4 is 10.2 Å². The molecular formula is C35H42F3N3O4. The Labute approximate surface area is 262 Å². The summed E-state index contributed by atoms with van der Waals surface area (Å²) in [5.74, 6) is -2.00. The van der Waals surface area contributed by atoms with Crippen molar-refractivity contribution in [3.05, 3.63) is 82.7 Å². The van der Waals surface area contributed by atoms with Gasteiger partial charge >= 0.3 is 12.1 Å². The number of carbonyl (C=O) groups is 2. The van der Waals surface area contributed by atoms with E-state index >= 15 is 0 Å². The zero-order valence-corrected chi connectivity index (χ0v) is 26.9. The maximum atomic E-state index is 13.9. The first-order valence-electron chi connectivity index (χ1n) is 15.1. The Morgan fingerprint density at radius 3 is 2.04 bits per heavy atom. The van der Waals surface area contributed by atoms with Crippen molar-refractivity contribution in [2.45, 2.75) is 85.2 Å². The third-order valence-corrected chi connectivity index (χ3v) is 8.14.